The highest BCUT2D eigenvalue weighted by Gasteiger charge is 2.19. The van der Waals surface area contributed by atoms with E-state index in [4.69, 9.17) is 14.2 Å². The summed E-state index contributed by atoms with van der Waals surface area (Å²) in [6.07, 6.45) is 99.1. The largest absolute Gasteiger partial charge is 0.462 e. The van der Waals surface area contributed by atoms with Crippen LogP contribution in [0.2, 0.25) is 0 Å². The van der Waals surface area contributed by atoms with Gasteiger partial charge < -0.3 is 14.2 Å². The Morgan fingerprint density at radius 2 is 0.470 bits per heavy atom. The van der Waals surface area contributed by atoms with Crippen molar-refractivity contribution in [1.82, 2.24) is 0 Å². The van der Waals surface area contributed by atoms with E-state index in [1.54, 1.807) is 0 Å². The van der Waals surface area contributed by atoms with Crippen molar-refractivity contribution in [3.05, 3.63) is 134 Å². The summed E-state index contributed by atoms with van der Waals surface area (Å²) in [6, 6.07) is 0. The van der Waals surface area contributed by atoms with E-state index in [9.17, 15) is 14.4 Å². The van der Waals surface area contributed by atoms with Gasteiger partial charge in [-0.25, -0.2) is 0 Å². The number of carbonyl (C=O) groups excluding carboxylic acids is 3. The summed E-state index contributed by atoms with van der Waals surface area (Å²) in [5.41, 5.74) is 0. The van der Waals surface area contributed by atoms with Gasteiger partial charge in [0.05, 0.1) is 0 Å². The average molecular weight is 1150 g/mol. The Labute approximate surface area is 513 Å². The van der Waals surface area contributed by atoms with Crippen molar-refractivity contribution < 1.29 is 28.6 Å². The molecular weight excluding hydrogens is 1020 g/mol. The Kier molecular flexibility index (Phi) is 66.3. The standard InChI is InChI=1S/C77H128O6/c1-4-7-10-13-16-19-22-24-26-28-30-32-34-35-36-37-38-39-40-41-43-44-46-48-50-52-55-58-61-64-67-70-76(79)82-73-74(72-81-75(78)69-66-63-60-57-54-21-18-15-12-9-6-3)83-77(80)71-68-65-62-59-56-53-51-49-47-45-42-33-31-29-27-25-23-20-17-14-11-8-5-2/h7-8,10-11,16-17,19-20,24-27,30-33,35-36,45,47,51,53,74H,4-6,9,12-15,18,21-23,28-29,34,37-44,46,48-50,52,54-73H2,1-3H3/b10-7-,11-8-,19-16-,20-17-,26-24-,27-25-,32-30-,33-31-,36-35-,47-45-,53-51-. The molecular formula is C77H128O6. The molecule has 83 heavy (non-hydrogen) atoms. The topological polar surface area (TPSA) is 78.9 Å². The fraction of sp³-hybridized carbons (Fsp3) is 0.675. The first kappa shape index (κ1) is 78.5. The minimum absolute atomic E-state index is 0.0880. The maximum absolute atomic E-state index is 12.9. The van der Waals surface area contributed by atoms with E-state index < -0.39 is 6.10 Å². The van der Waals surface area contributed by atoms with E-state index in [1.807, 2.05) is 0 Å². The minimum Gasteiger partial charge on any atom is -0.462 e. The van der Waals surface area contributed by atoms with Gasteiger partial charge in [-0.2, -0.15) is 0 Å². The van der Waals surface area contributed by atoms with Crippen LogP contribution in [0.25, 0.3) is 0 Å². The van der Waals surface area contributed by atoms with E-state index in [0.717, 1.165) is 141 Å². The van der Waals surface area contributed by atoms with E-state index in [-0.39, 0.29) is 31.1 Å². The van der Waals surface area contributed by atoms with Gasteiger partial charge in [-0.15, -0.1) is 0 Å². The summed E-state index contributed by atoms with van der Waals surface area (Å²) >= 11 is 0. The summed E-state index contributed by atoms with van der Waals surface area (Å²) in [6.45, 7) is 6.41. The normalized spacial score (nSPS) is 13.0. The van der Waals surface area contributed by atoms with Crippen LogP contribution in [0.4, 0.5) is 0 Å². The van der Waals surface area contributed by atoms with Gasteiger partial charge in [-0.05, 0) is 116 Å². The van der Waals surface area contributed by atoms with Gasteiger partial charge in [0.2, 0.25) is 0 Å². The molecule has 472 valence electrons. The zero-order valence-corrected chi connectivity index (χ0v) is 54.2. The van der Waals surface area contributed by atoms with Gasteiger partial charge in [-0.1, -0.05) is 315 Å². The molecule has 0 aliphatic heterocycles. The molecule has 0 radical (unpaired) electrons. The quantitative estimate of drug-likeness (QED) is 0.0261. The van der Waals surface area contributed by atoms with Crippen molar-refractivity contribution in [2.75, 3.05) is 13.2 Å². The molecule has 0 N–H and O–H groups in total. The van der Waals surface area contributed by atoms with Crippen LogP contribution in [0.1, 0.15) is 316 Å². The third kappa shape index (κ3) is 68.2. The second-order valence-electron chi connectivity index (χ2n) is 22.7. The summed E-state index contributed by atoms with van der Waals surface area (Å²) in [5, 5.41) is 0. The Morgan fingerprint density at radius 1 is 0.253 bits per heavy atom. The average Bonchev–Trinajstić information content (AvgIpc) is 3.48. The van der Waals surface area contributed by atoms with Gasteiger partial charge in [-0.3, -0.25) is 14.4 Å². The molecule has 0 aliphatic rings. The van der Waals surface area contributed by atoms with Crippen LogP contribution < -0.4 is 0 Å². The first-order chi connectivity index (χ1) is 41.0. The number of allylic oxidation sites excluding steroid dienone is 22. The Hall–Kier alpha value is -4.45. The fourth-order valence-electron chi connectivity index (χ4n) is 9.53. The molecule has 0 saturated carbocycles. The molecule has 0 fully saturated rings. The van der Waals surface area contributed by atoms with Gasteiger partial charge in [0, 0.05) is 19.3 Å². The summed E-state index contributed by atoms with van der Waals surface area (Å²) in [5.74, 6) is -0.906. The summed E-state index contributed by atoms with van der Waals surface area (Å²) < 4.78 is 16.9. The molecule has 0 spiro atoms. The van der Waals surface area contributed by atoms with Crippen LogP contribution >= 0.6 is 0 Å². The lowest BCUT2D eigenvalue weighted by Gasteiger charge is -2.18. The first-order valence-electron chi connectivity index (χ1n) is 34.7. The van der Waals surface area contributed by atoms with Crippen LogP contribution in [-0.4, -0.2) is 37.2 Å². The Balaban J connectivity index is 4.26. The smallest absolute Gasteiger partial charge is 0.306 e. The molecule has 6 nitrogen and oxygen atoms in total. The Morgan fingerprint density at radius 3 is 0.735 bits per heavy atom. The molecule has 0 heterocycles. The fourth-order valence-corrected chi connectivity index (χ4v) is 9.53. The molecule has 1 unspecified atom stereocenters. The molecule has 0 aromatic rings. The maximum atomic E-state index is 12.9. The lowest BCUT2D eigenvalue weighted by Crippen LogP contribution is -2.30. The van der Waals surface area contributed by atoms with E-state index in [0.29, 0.717) is 19.3 Å². The van der Waals surface area contributed by atoms with Crippen molar-refractivity contribution in [3.63, 3.8) is 0 Å². The highest BCUT2D eigenvalue weighted by molar-refractivity contribution is 5.71. The molecule has 0 amide bonds. The molecule has 0 aromatic carbocycles. The lowest BCUT2D eigenvalue weighted by atomic mass is 10.0. The predicted molar refractivity (Wildman–Crippen MR) is 362 cm³/mol. The third-order valence-corrected chi connectivity index (χ3v) is 14.7. The second-order valence-corrected chi connectivity index (χ2v) is 22.7. The molecule has 6 heteroatoms. The number of carbonyl (C=O) groups is 3. The molecule has 0 bridgehead atoms. The molecule has 0 aromatic heterocycles. The van der Waals surface area contributed by atoms with E-state index >= 15 is 0 Å². The lowest BCUT2D eigenvalue weighted by molar-refractivity contribution is -0.167. The zero-order chi connectivity index (χ0) is 59.9. The molecule has 0 rings (SSSR count). The van der Waals surface area contributed by atoms with E-state index in [1.165, 1.54) is 135 Å². The number of rotatable bonds is 62. The predicted octanol–water partition coefficient (Wildman–Crippen LogP) is 24.1. The first-order valence-corrected chi connectivity index (χ1v) is 34.7. The minimum atomic E-state index is -0.794. The van der Waals surface area contributed by atoms with Crippen molar-refractivity contribution in [2.45, 2.75) is 322 Å². The van der Waals surface area contributed by atoms with Gasteiger partial charge >= 0.3 is 17.9 Å². The van der Waals surface area contributed by atoms with Crippen LogP contribution in [0.3, 0.4) is 0 Å². The van der Waals surface area contributed by atoms with Gasteiger partial charge in [0.15, 0.2) is 6.10 Å². The van der Waals surface area contributed by atoms with Gasteiger partial charge in [0.1, 0.15) is 13.2 Å². The zero-order valence-electron chi connectivity index (χ0n) is 54.2. The highest BCUT2D eigenvalue weighted by atomic mass is 16.6. The second kappa shape index (κ2) is 70.0. The number of hydrogen-bond donors (Lipinski definition) is 0. The number of esters is 3. The SMILES string of the molecule is CC/C=C\C/C=C\C/C=C\C/C=C\C/C=C\C/C=C\CCCCCCC(=O)OC(COC(=O)CCCCCCCCCCCCC)COC(=O)CCCCCCCCCCCCCCCCC/C=C\C/C=C\C/C=C\C/C=C\C/C=C\CC. The van der Waals surface area contributed by atoms with Crippen molar-refractivity contribution >= 4 is 17.9 Å². The highest BCUT2D eigenvalue weighted by Crippen LogP contribution is 2.17. The summed E-state index contributed by atoms with van der Waals surface area (Å²) in [4.78, 5) is 38.4. The van der Waals surface area contributed by atoms with Crippen LogP contribution in [-0.2, 0) is 28.6 Å². The van der Waals surface area contributed by atoms with Crippen molar-refractivity contribution in [3.8, 4) is 0 Å². The van der Waals surface area contributed by atoms with Crippen molar-refractivity contribution in [2.24, 2.45) is 0 Å². The molecule has 0 saturated heterocycles. The Bertz CT molecular complexity index is 1750. The van der Waals surface area contributed by atoms with Crippen molar-refractivity contribution in [1.29, 1.82) is 0 Å². The van der Waals surface area contributed by atoms with Crippen LogP contribution in [0.5, 0.6) is 0 Å². The summed E-state index contributed by atoms with van der Waals surface area (Å²) in [7, 11) is 0. The third-order valence-electron chi connectivity index (χ3n) is 14.7. The number of hydrogen-bond acceptors (Lipinski definition) is 6. The molecule has 0 aliphatic carbocycles. The number of ether oxygens (including phenoxy) is 3. The van der Waals surface area contributed by atoms with Crippen LogP contribution in [0.15, 0.2) is 134 Å². The van der Waals surface area contributed by atoms with Crippen LogP contribution in [0, 0.1) is 0 Å². The van der Waals surface area contributed by atoms with E-state index in [2.05, 4.69) is 154 Å². The monoisotopic (exact) mass is 1150 g/mol. The number of unbranched alkanes of at least 4 members (excludes halogenated alkanes) is 29. The maximum Gasteiger partial charge on any atom is 0.306 e. The molecule has 1 atom stereocenters. The van der Waals surface area contributed by atoms with Gasteiger partial charge in [0.25, 0.3) is 0 Å².